The third-order valence-electron chi connectivity index (χ3n) is 5.68. The van der Waals surface area contributed by atoms with Gasteiger partial charge in [-0.2, -0.15) is 13.2 Å². The smallest absolute Gasteiger partial charge is 0.460 e. The van der Waals surface area contributed by atoms with Crippen LogP contribution in [0.15, 0.2) is 22.9 Å². The van der Waals surface area contributed by atoms with Gasteiger partial charge in [0, 0.05) is 17.5 Å². The van der Waals surface area contributed by atoms with Crippen molar-refractivity contribution in [3.8, 4) is 0 Å². The number of piperidine rings is 3. The van der Waals surface area contributed by atoms with E-state index in [1.165, 1.54) is 12.3 Å². The molecule has 0 radical (unpaired) electrons. The van der Waals surface area contributed by atoms with E-state index in [4.69, 9.17) is 4.42 Å². The van der Waals surface area contributed by atoms with Gasteiger partial charge in [0.15, 0.2) is 5.58 Å². The second-order valence-corrected chi connectivity index (χ2v) is 7.28. The number of carbonyl (C=O) groups is 2. The minimum absolute atomic E-state index is 0.00116. The maximum atomic E-state index is 12.7. The van der Waals surface area contributed by atoms with E-state index in [0.29, 0.717) is 5.92 Å². The average molecular weight is 396 g/mol. The molecular formula is C18H19F3N4O3. The van der Waals surface area contributed by atoms with E-state index < -0.39 is 18.0 Å². The highest BCUT2D eigenvalue weighted by atomic mass is 19.4. The van der Waals surface area contributed by atoms with Gasteiger partial charge in [0.25, 0.3) is 5.91 Å². The van der Waals surface area contributed by atoms with Crippen molar-refractivity contribution in [2.75, 3.05) is 18.4 Å². The van der Waals surface area contributed by atoms with Crippen LogP contribution in [-0.2, 0) is 4.79 Å². The van der Waals surface area contributed by atoms with Crippen molar-refractivity contribution in [1.82, 2.24) is 15.2 Å². The third kappa shape index (κ3) is 3.32. The molecule has 0 aliphatic carbocycles. The van der Waals surface area contributed by atoms with E-state index in [1.54, 1.807) is 5.32 Å². The van der Waals surface area contributed by atoms with Crippen LogP contribution in [0.2, 0.25) is 0 Å². The van der Waals surface area contributed by atoms with Crippen molar-refractivity contribution < 1.29 is 27.2 Å². The molecule has 3 aliphatic rings. The number of fused-ring (bicyclic) bond motifs is 4. The first kappa shape index (κ1) is 18.7. The molecule has 2 bridgehead atoms. The van der Waals surface area contributed by atoms with Gasteiger partial charge in [-0.3, -0.25) is 14.5 Å². The van der Waals surface area contributed by atoms with Gasteiger partial charge in [-0.15, -0.1) is 0 Å². The number of hydrogen-bond donors (Lipinski definition) is 2. The van der Waals surface area contributed by atoms with Crippen LogP contribution in [0.1, 0.15) is 30.3 Å². The topological polar surface area (TPSA) is 87.5 Å². The molecule has 2 amide bonds. The highest BCUT2D eigenvalue weighted by molar-refractivity contribution is 6.04. The monoisotopic (exact) mass is 396 g/mol. The van der Waals surface area contributed by atoms with E-state index >= 15 is 0 Å². The fourth-order valence-electron chi connectivity index (χ4n) is 4.12. The lowest BCUT2D eigenvalue weighted by Gasteiger charge is -2.49. The molecule has 3 saturated heterocycles. The van der Waals surface area contributed by atoms with Crippen LogP contribution in [-0.4, -0.2) is 53.0 Å². The fourth-order valence-corrected chi connectivity index (χ4v) is 4.12. The molecule has 2 aromatic rings. The van der Waals surface area contributed by atoms with Crippen LogP contribution in [0.3, 0.4) is 0 Å². The number of hydrogen-bond acceptors (Lipinski definition) is 5. The van der Waals surface area contributed by atoms with E-state index in [1.807, 2.05) is 0 Å². The van der Waals surface area contributed by atoms with Crippen molar-refractivity contribution in [2.45, 2.75) is 38.0 Å². The zero-order chi connectivity index (χ0) is 20.1. The molecule has 2 atom stereocenters. The molecule has 0 spiro atoms. The fraction of sp³-hybridized carbons (Fsp3) is 0.500. The summed E-state index contributed by atoms with van der Waals surface area (Å²) in [5, 5.41) is 4.95. The molecule has 150 valence electrons. The van der Waals surface area contributed by atoms with Crippen molar-refractivity contribution in [1.29, 1.82) is 0 Å². The molecule has 5 rings (SSSR count). The lowest BCUT2D eigenvalue weighted by molar-refractivity contribution is -0.167. The minimum Gasteiger partial charge on any atom is -0.460 e. The minimum atomic E-state index is -5.03. The summed E-state index contributed by atoms with van der Waals surface area (Å²) in [5.41, 5.74) is 0.0651. The Kier molecular flexibility index (Phi) is 4.53. The lowest BCUT2D eigenvalue weighted by Crippen LogP contribution is -2.62. The zero-order valence-electron chi connectivity index (χ0n) is 15.0. The number of amides is 2. The summed E-state index contributed by atoms with van der Waals surface area (Å²) in [6.45, 7) is 4.13. The van der Waals surface area contributed by atoms with Crippen molar-refractivity contribution in [2.24, 2.45) is 5.92 Å². The molecule has 2 aromatic heterocycles. The number of carbonyl (C=O) groups excluding carboxylic acids is 2. The van der Waals surface area contributed by atoms with E-state index in [2.05, 4.69) is 22.1 Å². The summed E-state index contributed by atoms with van der Waals surface area (Å²) >= 11 is 0. The standard InChI is InChI=1S/C18H19F3N4O3/c1-9-15(10-2-4-25(9)5-3-10)24-16(26)12-6-11-13(8-28-14(11)7-22-12)23-17(27)18(19,20)21/h6-10,15H,2-5H2,1H3,(H,23,27)(H,24,26)/t9-,15-/m0/s1. The molecule has 3 aliphatic heterocycles. The van der Waals surface area contributed by atoms with Crippen LogP contribution < -0.4 is 10.6 Å². The Bertz CT molecular complexity index is 916. The number of nitrogens with one attached hydrogen (secondary N) is 2. The zero-order valence-corrected chi connectivity index (χ0v) is 15.0. The molecule has 28 heavy (non-hydrogen) atoms. The third-order valence-corrected chi connectivity index (χ3v) is 5.68. The van der Waals surface area contributed by atoms with Crippen LogP contribution in [0.4, 0.5) is 18.9 Å². The van der Waals surface area contributed by atoms with Gasteiger partial charge >= 0.3 is 12.1 Å². The Morgan fingerprint density at radius 1 is 1.29 bits per heavy atom. The Hall–Kier alpha value is -2.62. The molecule has 0 saturated carbocycles. The summed E-state index contributed by atoms with van der Waals surface area (Å²) in [6, 6.07) is 1.55. The molecule has 0 unspecified atom stereocenters. The molecule has 0 aromatic carbocycles. The predicted octanol–water partition coefficient (Wildman–Crippen LogP) is 2.54. The van der Waals surface area contributed by atoms with Crippen LogP contribution in [0.25, 0.3) is 11.0 Å². The van der Waals surface area contributed by atoms with Crippen molar-refractivity contribution >= 4 is 28.5 Å². The van der Waals surface area contributed by atoms with E-state index in [0.717, 1.165) is 32.2 Å². The summed E-state index contributed by atoms with van der Waals surface area (Å²) in [5.74, 6) is -2.11. The van der Waals surface area contributed by atoms with Crippen molar-refractivity contribution in [3.63, 3.8) is 0 Å². The molecular weight excluding hydrogens is 377 g/mol. The van der Waals surface area contributed by atoms with Gasteiger partial charge in [0.1, 0.15) is 12.0 Å². The molecule has 10 heteroatoms. The summed E-state index contributed by atoms with van der Waals surface area (Å²) in [4.78, 5) is 30.3. The maximum absolute atomic E-state index is 12.7. The van der Waals surface area contributed by atoms with Gasteiger partial charge in [0.05, 0.1) is 11.9 Å². The first-order valence-electron chi connectivity index (χ1n) is 9.04. The van der Waals surface area contributed by atoms with Gasteiger partial charge < -0.3 is 15.1 Å². The number of pyridine rings is 1. The number of furan rings is 1. The van der Waals surface area contributed by atoms with Crippen LogP contribution in [0, 0.1) is 5.92 Å². The molecule has 7 nitrogen and oxygen atoms in total. The van der Waals surface area contributed by atoms with Gasteiger partial charge in [0.2, 0.25) is 0 Å². The molecule has 2 N–H and O–H groups in total. The second-order valence-electron chi connectivity index (χ2n) is 7.28. The highest BCUT2D eigenvalue weighted by Crippen LogP contribution is 2.32. The Morgan fingerprint density at radius 3 is 2.64 bits per heavy atom. The molecule has 5 heterocycles. The Labute approximate surface area is 158 Å². The van der Waals surface area contributed by atoms with E-state index in [9.17, 15) is 22.8 Å². The quantitative estimate of drug-likeness (QED) is 0.833. The lowest BCUT2D eigenvalue weighted by atomic mass is 9.79. The first-order valence-corrected chi connectivity index (χ1v) is 9.04. The number of aromatic nitrogens is 1. The predicted molar refractivity (Wildman–Crippen MR) is 93.7 cm³/mol. The summed E-state index contributed by atoms with van der Waals surface area (Å²) in [6.07, 6.45) is -0.725. The summed E-state index contributed by atoms with van der Waals surface area (Å²) in [7, 11) is 0. The number of nitrogens with zero attached hydrogens (tertiary/aromatic N) is 2. The largest absolute Gasteiger partial charge is 0.471 e. The van der Waals surface area contributed by atoms with Gasteiger partial charge in [-0.05, 0) is 44.8 Å². The Balaban J connectivity index is 1.55. The van der Waals surface area contributed by atoms with Gasteiger partial charge in [-0.25, -0.2) is 4.98 Å². The summed E-state index contributed by atoms with van der Waals surface area (Å²) < 4.78 is 42.6. The molecule has 3 fully saturated rings. The maximum Gasteiger partial charge on any atom is 0.471 e. The van der Waals surface area contributed by atoms with Crippen LogP contribution >= 0.6 is 0 Å². The number of rotatable bonds is 3. The average Bonchev–Trinajstić information content (AvgIpc) is 3.06. The second kappa shape index (κ2) is 6.77. The van der Waals surface area contributed by atoms with E-state index in [-0.39, 0.29) is 34.4 Å². The highest BCUT2D eigenvalue weighted by Gasteiger charge is 2.41. The first-order chi connectivity index (χ1) is 13.2. The number of anilines is 1. The van der Waals surface area contributed by atoms with Crippen molar-refractivity contribution in [3.05, 3.63) is 24.2 Å². The SMILES string of the molecule is C[C@H]1[C@H](NC(=O)c2cc3c(NC(=O)C(F)(F)F)coc3cn2)C2CCN1CC2. The van der Waals surface area contributed by atoms with Gasteiger partial charge in [-0.1, -0.05) is 0 Å². The van der Waals surface area contributed by atoms with Crippen LogP contribution in [0.5, 0.6) is 0 Å². The number of halogens is 3. The number of alkyl halides is 3. The Morgan fingerprint density at radius 2 is 2.00 bits per heavy atom. The normalized spacial score (nSPS) is 27.0.